The van der Waals surface area contributed by atoms with E-state index in [1.54, 1.807) is 0 Å². The molecule has 0 spiro atoms. The molecule has 0 saturated heterocycles. The highest BCUT2D eigenvalue weighted by molar-refractivity contribution is 5.94. The van der Waals surface area contributed by atoms with Crippen LogP contribution in [0.25, 0.3) is 22.2 Å². The summed E-state index contributed by atoms with van der Waals surface area (Å²) in [5.74, 6) is 0.523. The van der Waals surface area contributed by atoms with Gasteiger partial charge in [0.1, 0.15) is 0 Å². The van der Waals surface area contributed by atoms with Crippen molar-refractivity contribution in [2.75, 3.05) is 5.73 Å². The van der Waals surface area contributed by atoms with Crippen LogP contribution < -0.4 is 5.73 Å². The molecule has 1 heterocycles. The standard InChI is InChI=1S/C12H9N3O/c13-12-14-11(15-16-12)10-7-3-5-8-4-1-2-6-9(8)10/h1-7H,(H2,13,14,15). The smallest absolute Gasteiger partial charge is 0.319 e. The highest BCUT2D eigenvalue weighted by Gasteiger charge is 2.08. The van der Waals surface area contributed by atoms with Gasteiger partial charge in [0, 0.05) is 5.56 Å². The maximum Gasteiger partial charge on any atom is 0.319 e. The van der Waals surface area contributed by atoms with Crippen molar-refractivity contribution < 1.29 is 4.52 Å². The van der Waals surface area contributed by atoms with E-state index in [2.05, 4.69) is 10.1 Å². The van der Waals surface area contributed by atoms with E-state index in [4.69, 9.17) is 10.3 Å². The molecule has 78 valence electrons. The Bertz CT molecular complexity index is 640. The van der Waals surface area contributed by atoms with Gasteiger partial charge in [-0.05, 0) is 10.8 Å². The van der Waals surface area contributed by atoms with Crippen molar-refractivity contribution in [1.29, 1.82) is 0 Å². The fourth-order valence-corrected chi connectivity index (χ4v) is 1.76. The molecule has 0 saturated carbocycles. The lowest BCUT2D eigenvalue weighted by molar-refractivity contribution is 0.437. The zero-order valence-electron chi connectivity index (χ0n) is 8.42. The molecule has 2 N–H and O–H groups in total. The van der Waals surface area contributed by atoms with E-state index in [1.165, 1.54) is 0 Å². The van der Waals surface area contributed by atoms with Crippen molar-refractivity contribution in [3.63, 3.8) is 0 Å². The quantitative estimate of drug-likeness (QED) is 0.671. The lowest BCUT2D eigenvalue weighted by atomic mass is 10.0. The fraction of sp³-hybridized carbons (Fsp3) is 0. The largest absolute Gasteiger partial charge is 0.351 e. The Kier molecular flexibility index (Phi) is 1.86. The van der Waals surface area contributed by atoms with Crippen LogP contribution in [0.4, 0.5) is 6.01 Å². The SMILES string of the molecule is Nc1nc(-c2cccc3ccccc23)no1. The number of hydrogen-bond acceptors (Lipinski definition) is 4. The molecule has 0 radical (unpaired) electrons. The van der Waals surface area contributed by atoms with Crippen LogP contribution in [0.3, 0.4) is 0 Å². The summed E-state index contributed by atoms with van der Waals surface area (Å²) in [7, 11) is 0. The van der Waals surface area contributed by atoms with Crippen molar-refractivity contribution >= 4 is 16.8 Å². The molecular formula is C12H9N3O. The van der Waals surface area contributed by atoms with Gasteiger partial charge < -0.3 is 10.3 Å². The Morgan fingerprint density at radius 3 is 2.62 bits per heavy atom. The van der Waals surface area contributed by atoms with Gasteiger partial charge in [-0.2, -0.15) is 4.98 Å². The molecule has 3 aromatic rings. The van der Waals surface area contributed by atoms with Gasteiger partial charge >= 0.3 is 6.01 Å². The average molecular weight is 211 g/mol. The van der Waals surface area contributed by atoms with Crippen molar-refractivity contribution in [3.8, 4) is 11.4 Å². The van der Waals surface area contributed by atoms with E-state index in [9.17, 15) is 0 Å². The number of nitrogens with zero attached hydrogens (tertiary/aromatic N) is 2. The Morgan fingerprint density at radius 1 is 1.00 bits per heavy atom. The first-order chi connectivity index (χ1) is 7.84. The van der Waals surface area contributed by atoms with E-state index in [-0.39, 0.29) is 6.01 Å². The molecule has 0 atom stereocenters. The second kappa shape index (κ2) is 3.34. The summed E-state index contributed by atoms with van der Waals surface area (Å²) in [6.07, 6.45) is 0. The molecule has 0 bridgehead atoms. The maximum absolute atomic E-state index is 5.42. The Labute approximate surface area is 91.7 Å². The molecule has 4 nitrogen and oxygen atoms in total. The van der Waals surface area contributed by atoms with Crippen LogP contribution in [-0.2, 0) is 0 Å². The third-order valence-corrected chi connectivity index (χ3v) is 2.47. The van der Waals surface area contributed by atoms with Gasteiger partial charge in [-0.15, -0.1) is 0 Å². The summed E-state index contributed by atoms with van der Waals surface area (Å²) in [4.78, 5) is 4.03. The molecule has 2 aromatic carbocycles. The maximum atomic E-state index is 5.42. The summed E-state index contributed by atoms with van der Waals surface area (Å²) in [6, 6.07) is 14.1. The third kappa shape index (κ3) is 1.32. The summed E-state index contributed by atoms with van der Waals surface area (Å²) >= 11 is 0. The molecule has 0 aliphatic heterocycles. The van der Waals surface area contributed by atoms with E-state index < -0.39 is 0 Å². The highest BCUT2D eigenvalue weighted by Crippen LogP contribution is 2.26. The van der Waals surface area contributed by atoms with Crippen LogP contribution >= 0.6 is 0 Å². The third-order valence-electron chi connectivity index (χ3n) is 2.47. The lowest BCUT2D eigenvalue weighted by Crippen LogP contribution is -1.85. The van der Waals surface area contributed by atoms with E-state index in [1.807, 2.05) is 42.5 Å². The lowest BCUT2D eigenvalue weighted by Gasteiger charge is -2.01. The highest BCUT2D eigenvalue weighted by atomic mass is 16.5. The van der Waals surface area contributed by atoms with Crippen LogP contribution in [-0.4, -0.2) is 10.1 Å². The van der Waals surface area contributed by atoms with E-state index in [0.29, 0.717) is 5.82 Å². The fourth-order valence-electron chi connectivity index (χ4n) is 1.76. The molecular weight excluding hydrogens is 202 g/mol. The predicted octanol–water partition coefficient (Wildman–Crippen LogP) is 2.47. The number of fused-ring (bicyclic) bond motifs is 1. The van der Waals surface area contributed by atoms with Crippen molar-refractivity contribution in [1.82, 2.24) is 10.1 Å². The molecule has 3 rings (SSSR count). The van der Waals surface area contributed by atoms with Crippen LogP contribution in [0.15, 0.2) is 47.0 Å². The number of nitrogen functional groups attached to an aromatic ring is 1. The first kappa shape index (κ1) is 8.91. The minimum Gasteiger partial charge on any atom is -0.351 e. The summed E-state index contributed by atoms with van der Waals surface area (Å²) in [6.45, 7) is 0. The van der Waals surface area contributed by atoms with Crippen LogP contribution in [0.5, 0.6) is 0 Å². The number of nitrogens with two attached hydrogens (primary N) is 1. The molecule has 1 aromatic heterocycles. The average Bonchev–Trinajstić information content (AvgIpc) is 2.75. The number of rotatable bonds is 1. The number of hydrogen-bond donors (Lipinski definition) is 1. The zero-order valence-corrected chi connectivity index (χ0v) is 8.42. The Morgan fingerprint density at radius 2 is 1.81 bits per heavy atom. The van der Waals surface area contributed by atoms with Gasteiger partial charge in [-0.3, -0.25) is 0 Å². The monoisotopic (exact) mass is 211 g/mol. The van der Waals surface area contributed by atoms with Gasteiger partial charge in [0.05, 0.1) is 0 Å². The molecule has 0 amide bonds. The second-order valence-corrected chi connectivity index (χ2v) is 3.48. The van der Waals surface area contributed by atoms with E-state index >= 15 is 0 Å². The normalized spacial score (nSPS) is 10.8. The first-order valence-corrected chi connectivity index (χ1v) is 4.92. The summed E-state index contributed by atoms with van der Waals surface area (Å²) in [5.41, 5.74) is 6.35. The van der Waals surface area contributed by atoms with Crippen molar-refractivity contribution in [2.45, 2.75) is 0 Å². The number of anilines is 1. The van der Waals surface area contributed by atoms with Gasteiger partial charge in [-0.1, -0.05) is 47.6 Å². The minimum absolute atomic E-state index is 0.0861. The van der Waals surface area contributed by atoms with Crippen molar-refractivity contribution in [2.24, 2.45) is 0 Å². The number of aromatic nitrogens is 2. The van der Waals surface area contributed by atoms with Crippen molar-refractivity contribution in [3.05, 3.63) is 42.5 Å². The molecule has 16 heavy (non-hydrogen) atoms. The zero-order chi connectivity index (χ0) is 11.0. The molecule has 0 aliphatic rings. The first-order valence-electron chi connectivity index (χ1n) is 4.92. The summed E-state index contributed by atoms with van der Waals surface area (Å²) < 4.78 is 4.78. The van der Waals surface area contributed by atoms with E-state index in [0.717, 1.165) is 16.3 Å². The Balaban J connectivity index is 2.31. The molecule has 0 fully saturated rings. The topological polar surface area (TPSA) is 64.9 Å². The van der Waals surface area contributed by atoms with Gasteiger partial charge in [-0.25, -0.2) is 0 Å². The van der Waals surface area contributed by atoms with Gasteiger partial charge in [0.25, 0.3) is 0 Å². The van der Waals surface area contributed by atoms with Crippen LogP contribution in [0.1, 0.15) is 0 Å². The molecule has 4 heteroatoms. The molecule has 0 unspecified atom stereocenters. The van der Waals surface area contributed by atoms with Crippen LogP contribution in [0, 0.1) is 0 Å². The molecule has 0 aliphatic carbocycles. The predicted molar refractivity (Wildman–Crippen MR) is 61.7 cm³/mol. The van der Waals surface area contributed by atoms with Gasteiger partial charge in [0.15, 0.2) is 0 Å². The van der Waals surface area contributed by atoms with Gasteiger partial charge in [0.2, 0.25) is 5.82 Å². The minimum atomic E-state index is 0.0861. The summed E-state index contributed by atoms with van der Waals surface area (Å²) in [5, 5.41) is 6.06. The number of benzene rings is 2. The second-order valence-electron chi connectivity index (χ2n) is 3.48. The van der Waals surface area contributed by atoms with Crippen LogP contribution in [0.2, 0.25) is 0 Å². The Hall–Kier alpha value is -2.36.